The van der Waals surface area contributed by atoms with Gasteiger partial charge in [0.1, 0.15) is 0 Å². The van der Waals surface area contributed by atoms with Gasteiger partial charge in [0.25, 0.3) is 0 Å². The lowest BCUT2D eigenvalue weighted by Gasteiger charge is -2.27. The topological polar surface area (TPSA) is 78.4 Å². The largest absolute Gasteiger partial charge is 0.481 e. The lowest BCUT2D eigenvalue weighted by molar-refractivity contribution is -0.142. The lowest BCUT2D eigenvalue weighted by Crippen LogP contribution is -2.48. The maximum Gasteiger partial charge on any atom is 0.315 e. The molecule has 1 aromatic rings. The minimum atomic E-state index is -0.718. The zero-order valence-electron chi connectivity index (χ0n) is 13.4. The van der Waals surface area contributed by atoms with Gasteiger partial charge in [-0.3, -0.25) is 4.79 Å². The van der Waals surface area contributed by atoms with Crippen molar-refractivity contribution in [2.24, 2.45) is 5.92 Å². The van der Waals surface area contributed by atoms with Crippen molar-refractivity contribution in [1.82, 2.24) is 10.6 Å². The summed E-state index contributed by atoms with van der Waals surface area (Å²) in [5, 5.41) is 15.1. The highest BCUT2D eigenvalue weighted by atomic mass is 16.4. The molecule has 2 atom stereocenters. The molecule has 0 unspecified atom stereocenters. The highest BCUT2D eigenvalue weighted by Gasteiger charge is 2.52. The first-order valence-corrected chi connectivity index (χ1v) is 8.34. The summed E-state index contributed by atoms with van der Waals surface area (Å²) >= 11 is 0. The van der Waals surface area contributed by atoms with E-state index in [1.807, 2.05) is 18.2 Å². The Labute approximate surface area is 136 Å². The highest BCUT2D eigenvalue weighted by Crippen LogP contribution is 2.50. The first kappa shape index (κ1) is 15.8. The van der Waals surface area contributed by atoms with Gasteiger partial charge in [-0.1, -0.05) is 30.3 Å². The Morgan fingerprint density at radius 1 is 1.13 bits per heavy atom. The van der Waals surface area contributed by atoms with Crippen molar-refractivity contribution in [3.63, 3.8) is 0 Å². The van der Waals surface area contributed by atoms with Gasteiger partial charge in [0, 0.05) is 17.5 Å². The van der Waals surface area contributed by atoms with Crippen molar-refractivity contribution >= 4 is 12.0 Å². The fraction of sp³-hybridized carbons (Fsp3) is 0.556. The molecular weight excluding hydrogens is 292 g/mol. The number of hydrogen-bond donors (Lipinski definition) is 3. The second-order valence-corrected chi connectivity index (χ2v) is 7.07. The predicted molar refractivity (Wildman–Crippen MR) is 87.3 cm³/mol. The number of rotatable bonds is 4. The molecule has 0 bridgehead atoms. The van der Waals surface area contributed by atoms with E-state index in [4.69, 9.17) is 5.11 Å². The van der Waals surface area contributed by atoms with Crippen molar-refractivity contribution < 1.29 is 14.7 Å². The third-order valence-corrected chi connectivity index (χ3v) is 5.25. The van der Waals surface area contributed by atoms with E-state index in [0.717, 1.165) is 19.3 Å². The normalized spacial score (nSPS) is 32.8. The standard InChI is InChI=1S/C18H24N2O3/c1-18(11-15(18)12-5-3-2-4-6-12)20-17(23)19-14-9-7-13(8-10-14)16(21)22/h2-6,13-15H,7-11H2,1H3,(H,21,22)(H2,19,20,23)/t13?,14?,15-,18+/m0/s1. The van der Waals surface area contributed by atoms with Crippen LogP contribution in [-0.2, 0) is 4.79 Å². The van der Waals surface area contributed by atoms with E-state index in [2.05, 4.69) is 29.7 Å². The second kappa shape index (κ2) is 6.22. The van der Waals surface area contributed by atoms with Crippen LogP contribution in [0.2, 0.25) is 0 Å². The highest BCUT2D eigenvalue weighted by molar-refractivity contribution is 5.76. The van der Waals surface area contributed by atoms with Crippen LogP contribution in [0.15, 0.2) is 30.3 Å². The molecule has 3 N–H and O–H groups in total. The van der Waals surface area contributed by atoms with Crippen molar-refractivity contribution in [3.8, 4) is 0 Å². The van der Waals surface area contributed by atoms with Crippen molar-refractivity contribution in [1.29, 1.82) is 0 Å². The van der Waals surface area contributed by atoms with Crippen LogP contribution in [0.3, 0.4) is 0 Å². The molecular formula is C18H24N2O3. The molecule has 23 heavy (non-hydrogen) atoms. The molecule has 5 heteroatoms. The van der Waals surface area contributed by atoms with Crippen molar-refractivity contribution in [2.45, 2.75) is 56.5 Å². The van der Waals surface area contributed by atoms with Gasteiger partial charge in [-0.25, -0.2) is 4.79 Å². The Hall–Kier alpha value is -2.04. The summed E-state index contributed by atoms with van der Waals surface area (Å²) in [4.78, 5) is 23.2. The molecule has 0 saturated heterocycles. The number of benzene rings is 1. The van der Waals surface area contributed by atoms with Gasteiger partial charge in [-0.15, -0.1) is 0 Å². The number of nitrogens with one attached hydrogen (secondary N) is 2. The average Bonchev–Trinajstić information content (AvgIpc) is 3.19. The van der Waals surface area contributed by atoms with Crippen LogP contribution in [0.25, 0.3) is 0 Å². The van der Waals surface area contributed by atoms with Crippen LogP contribution in [-0.4, -0.2) is 28.7 Å². The van der Waals surface area contributed by atoms with Gasteiger partial charge in [0.15, 0.2) is 0 Å². The summed E-state index contributed by atoms with van der Waals surface area (Å²) in [6.45, 7) is 2.07. The molecule has 0 radical (unpaired) electrons. The number of carbonyl (C=O) groups is 2. The van der Waals surface area contributed by atoms with Crippen LogP contribution in [0.4, 0.5) is 4.79 Å². The molecule has 2 fully saturated rings. The molecule has 3 rings (SSSR count). The first-order valence-electron chi connectivity index (χ1n) is 8.34. The van der Waals surface area contributed by atoms with E-state index in [1.165, 1.54) is 5.56 Å². The molecule has 2 saturated carbocycles. The molecule has 2 aliphatic rings. The number of urea groups is 1. The maximum absolute atomic E-state index is 12.2. The van der Waals surface area contributed by atoms with Crippen molar-refractivity contribution in [2.75, 3.05) is 0 Å². The number of hydrogen-bond acceptors (Lipinski definition) is 2. The third kappa shape index (κ3) is 3.66. The van der Waals surface area contributed by atoms with Gasteiger partial charge in [0.05, 0.1) is 5.92 Å². The molecule has 0 heterocycles. The predicted octanol–water partition coefficient (Wildman–Crippen LogP) is 2.88. The number of amides is 2. The van der Waals surface area contributed by atoms with Crippen LogP contribution >= 0.6 is 0 Å². The molecule has 0 aliphatic heterocycles. The zero-order chi connectivity index (χ0) is 16.4. The summed E-state index contributed by atoms with van der Waals surface area (Å²) in [5.74, 6) is -0.596. The SMILES string of the molecule is C[C@@]1(NC(=O)NC2CCC(C(=O)O)CC2)C[C@H]1c1ccccc1. The summed E-state index contributed by atoms with van der Waals surface area (Å²) in [6, 6.07) is 10.2. The number of carboxylic acids is 1. The van der Waals surface area contributed by atoms with Crippen molar-refractivity contribution in [3.05, 3.63) is 35.9 Å². The van der Waals surface area contributed by atoms with E-state index in [0.29, 0.717) is 18.8 Å². The molecule has 1 aromatic carbocycles. The smallest absolute Gasteiger partial charge is 0.315 e. The molecule has 0 spiro atoms. The zero-order valence-corrected chi connectivity index (χ0v) is 13.4. The number of carboxylic acid groups (broad SMARTS) is 1. The summed E-state index contributed by atoms with van der Waals surface area (Å²) in [5.41, 5.74) is 1.08. The fourth-order valence-electron chi connectivity index (χ4n) is 3.64. The monoisotopic (exact) mass is 316 g/mol. The molecule has 124 valence electrons. The van der Waals surface area contributed by atoms with Gasteiger partial charge in [-0.2, -0.15) is 0 Å². The average molecular weight is 316 g/mol. The minimum absolute atomic E-state index is 0.0862. The summed E-state index contributed by atoms with van der Waals surface area (Å²) < 4.78 is 0. The minimum Gasteiger partial charge on any atom is -0.481 e. The van der Waals surface area contributed by atoms with E-state index in [-0.39, 0.29) is 23.5 Å². The fourth-order valence-corrected chi connectivity index (χ4v) is 3.64. The van der Waals surface area contributed by atoms with E-state index < -0.39 is 5.97 Å². The summed E-state index contributed by atoms with van der Waals surface area (Å²) in [6.07, 6.45) is 3.72. The molecule has 2 amide bonds. The van der Waals surface area contributed by atoms with Gasteiger partial charge >= 0.3 is 12.0 Å². The van der Waals surface area contributed by atoms with Crippen LogP contribution in [0.1, 0.15) is 50.5 Å². The van der Waals surface area contributed by atoms with E-state index in [1.54, 1.807) is 0 Å². The quantitative estimate of drug-likeness (QED) is 0.799. The summed E-state index contributed by atoms with van der Waals surface area (Å²) in [7, 11) is 0. The first-order chi connectivity index (χ1) is 11.0. The number of carbonyl (C=O) groups excluding carboxylic acids is 1. The van der Waals surface area contributed by atoms with E-state index in [9.17, 15) is 9.59 Å². The van der Waals surface area contributed by atoms with Gasteiger partial charge in [-0.05, 0) is 44.6 Å². The van der Waals surface area contributed by atoms with E-state index >= 15 is 0 Å². The Morgan fingerprint density at radius 3 is 2.39 bits per heavy atom. The molecule has 0 aromatic heterocycles. The van der Waals surface area contributed by atoms with Crippen LogP contribution in [0.5, 0.6) is 0 Å². The third-order valence-electron chi connectivity index (χ3n) is 5.25. The lowest BCUT2D eigenvalue weighted by atomic mass is 9.86. The van der Waals surface area contributed by atoms with Crippen LogP contribution < -0.4 is 10.6 Å². The molecule has 5 nitrogen and oxygen atoms in total. The Bertz CT molecular complexity index is 581. The number of aliphatic carboxylic acids is 1. The van der Waals surface area contributed by atoms with Gasteiger partial charge in [0.2, 0.25) is 0 Å². The van der Waals surface area contributed by atoms with Crippen LogP contribution in [0, 0.1) is 5.92 Å². The Balaban J connectivity index is 1.47. The second-order valence-electron chi connectivity index (χ2n) is 7.07. The Kier molecular flexibility index (Phi) is 4.28. The van der Waals surface area contributed by atoms with Gasteiger partial charge < -0.3 is 15.7 Å². The maximum atomic E-state index is 12.2. The Morgan fingerprint density at radius 2 is 1.78 bits per heavy atom. The molecule has 2 aliphatic carbocycles.